The lowest BCUT2D eigenvalue weighted by Crippen LogP contribution is -2.24. The lowest BCUT2D eigenvalue weighted by molar-refractivity contribution is 0.570. The lowest BCUT2D eigenvalue weighted by atomic mass is 10.0. The molecule has 24 heavy (non-hydrogen) atoms. The van der Waals surface area contributed by atoms with Gasteiger partial charge in [-0.2, -0.15) is 5.10 Å². The van der Waals surface area contributed by atoms with Crippen LogP contribution in [0.25, 0.3) is 0 Å². The maximum absolute atomic E-state index is 14.1. The van der Waals surface area contributed by atoms with Crippen LogP contribution >= 0.6 is 0 Å². The molecule has 2 heterocycles. The van der Waals surface area contributed by atoms with E-state index < -0.39 is 15.7 Å². The van der Waals surface area contributed by atoms with Gasteiger partial charge >= 0.3 is 0 Å². The van der Waals surface area contributed by atoms with Crippen LogP contribution < -0.4 is 4.90 Å². The van der Waals surface area contributed by atoms with Crippen LogP contribution in [0.5, 0.6) is 0 Å². The molecule has 126 valence electrons. The van der Waals surface area contributed by atoms with Crippen LogP contribution in [-0.4, -0.2) is 36.8 Å². The van der Waals surface area contributed by atoms with Crippen molar-refractivity contribution < 1.29 is 12.8 Å². The fourth-order valence-electron chi connectivity index (χ4n) is 2.59. The van der Waals surface area contributed by atoms with Gasteiger partial charge in [-0.3, -0.25) is 9.67 Å². The molecule has 1 aliphatic heterocycles. The zero-order chi connectivity index (χ0) is 17.5. The topological polar surface area (TPSA) is 67.6 Å². The molecule has 0 unspecified atom stereocenters. The summed E-state index contributed by atoms with van der Waals surface area (Å²) in [6.07, 6.45) is 6.53. The van der Waals surface area contributed by atoms with Crippen molar-refractivity contribution in [1.29, 1.82) is 0 Å². The number of aryl methyl sites for hydroxylation is 1. The first kappa shape index (κ1) is 16.4. The van der Waals surface area contributed by atoms with Gasteiger partial charge in [-0.15, -0.1) is 0 Å². The zero-order valence-electron chi connectivity index (χ0n) is 13.6. The molecule has 0 radical (unpaired) electrons. The van der Waals surface area contributed by atoms with Gasteiger partial charge in [0.25, 0.3) is 0 Å². The van der Waals surface area contributed by atoms with Crippen LogP contribution in [0, 0.1) is 5.82 Å². The van der Waals surface area contributed by atoms with Gasteiger partial charge in [0.1, 0.15) is 17.4 Å². The van der Waals surface area contributed by atoms with Crippen molar-refractivity contribution in [3.05, 3.63) is 53.7 Å². The fourth-order valence-corrected chi connectivity index (χ4v) is 3.32. The molecule has 1 aromatic heterocycles. The minimum Gasteiger partial charge on any atom is -0.325 e. The average Bonchev–Trinajstić information content (AvgIpc) is 2.92. The Balaban J connectivity index is 1.90. The predicted molar refractivity (Wildman–Crippen MR) is 90.4 cm³/mol. The minimum absolute atomic E-state index is 0.304. The van der Waals surface area contributed by atoms with E-state index in [2.05, 4.69) is 10.1 Å². The Hall–Kier alpha value is -2.48. The zero-order valence-corrected chi connectivity index (χ0v) is 14.4. The molecular formula is C16H17FN4O2S. The number of nitrogens with zero attached hydrogens (tertiary/aromatic N) is 4. The van der Waals surface area contributed by atoms with E-state index in [9.17, 15) is 12.8 Å². The van der Waals surface area contributed by atoms with E-state index in [0.717, 1.165) is 17.5 Å². The van der Waals surface area contributed by atoms with Crippen molar-refractivity contribution in [1.82, 2.24) is 9.78 Å². The third-order valence-corrected chi connectivity index (χ3v) is 4.86. The average molecular weight is 348 g/mol. The summed E-state index contributed by atoms with van der Waals surface area (Å²) in [6.45, 7) is 2.26. The Morgan fingerprint density at radius 3 is 2.58 bits per heavy atom. The van der Waals surface area contributed by atoms with E-state index >= 15 is 0 Å². The summed E-state index contributed by atoms with van der Waals surface area (Å²) in [4.78, 5) is 6.14. The number of halogens is 1. The molecule has 8 heteroatoms. The Kier molecular flexibility index (Phi) is 4.00. The summed E-state index contributed by atoms with van der Waals surface area (Å²) in [5.41, 5.74) is 2.98. The maximum Gasteiger partial charge on any atom is 0.178 e. The van der Waals surface area contributed by atoms with Crippen LogP contribution in [0.4, 0.5) is 10.1 Å². The molecule has 0 amide bonds. The number of aromatic nitrogens is 2. The van der Waals surface area contributed by atoms with Crippen molar-refractivity contribution in [2.75, 3.05) is 17.8 Å². The molecular weight excluding hydrogens is 331 g/mol. The van der Waals surface area contributed by atoms with Gasteiger partial charge in [0.15, 0.2) is 9.84 Å². The highest BCUT2D eigenvalue weighted by molar-refractivity contribution is 7.90. The van der Waals surface area contributed by atoms with Crippen LogP contribution in [0.2, 0.25) is 0 Å². The normalized spacial score (nSPS) is 15.2. The molecule has 1 aliphatic rings. The second kappa shape index (κ2) is 5.86. The molecule has 1 aromatic carbocycles. The Bertz CT molecular complexity index is 960. The first-order valence-corrected chi connectivity index (χ1v) is 9.13. The van der Waals surface area contributed by atoms with Gasteiger partial charge in [-0.1, -0.05) is 6.07 Å². The van der Waals surface area contributed by atoms with Crippen LogP contribution in [0.15, 0.2) is 52.3 Å². The molecule has 0 fully saturated rings. The number of allylic oxidation sites excluding steroid dienone is 1. The number of rotatable bonds is 3. The van der Waals surface area contributed by atoms with E-state index in [0.29, 0.717) is 17.9 Å². The summed E-state index contributed by atoms with van der Waals surface area (Å²) in [7, 11) is -1.75. The van der Waals surface area contributed by atoms with Gasteiger partial charge in [-0.25, -0.2) is 12.8 Å². The van der Waals surface area contributed by atoms with Crippen molar-refractivity contribution in [2.24, 2.45) is 12.0 Å². The highest BCUT2D eigenvalue weighted by Gasteiger charge is 2.19. The van der Waals surface area contributed by atoms with Crippen molar-refractivity contribution in [3.8, 4) is 0 Å². The Morgan fingerprint density at radius 1 is 1.29 bits per heavy atom. The second-order valence-electron chi connectivity index (χ2n) is 5.72. The second-order valence-corrected chi connectivity index (χ2v) is 7.70. The minimum atomic E-state index is -3.58. The van der Waals surface area contributed by atoms with Crippen molar-refractivity contribution in [2.45, 2.75) is 11.8 Å². The predicted octanol–water partition coefficient (Wildman–Crippen LogP) is 2.13. The highest BCUT2D eigenvalue weighted by atomic mass is 32.2. The number of hydrogen-bond acceptors (Lipinski definition) is 5. The van der Waals surface area contributed by atoms with Crippen LogP contribution in [-0.2, 0) is 16.9 Å². The number of benzene rings is 1. The molecule has 0 aliphatic carbocycles. The summed E-state index contributed by atoms with van der Waals surface area (Å²) in [6, 6.07) is 4.07. The molecule has 0 N–H and O–H groups in total. The molecule has 0 spiro atoms. The van der Waals surface area contributed by atoms with Crippen molar-refractivity contribution in [3.63, 3.8) is 0 Å². The molecule has 0 atom stereocenters. The first-order chi connectivity index (χ1) is 11.3. The quantitative estimate of drug-likeness (QED) is 0.852. The van der Waals surface area contributed by atoms with Gasteiger partial charge in [0.2, 0.25) is 0 Å². The van der Waals surface area contributed by atoms with Crippen LogP contribution in [0.3, 0.4) is 0 Å². The molecule has 0 saturated carbocycles. The molecule has 6 nitrogen and oxygen atoms in total. The molecule has 2 aromatic rings. The van der Waals surface area contributed by atoms with Crippen molar-refractivity contribution >= 4 is 21.2 Å². The van der Waals surface area contributed by atoms with E-state index in [4.69, 9.17) is 0 Å². The molecule has 3 rings (SSSR count). The largest absolute Gasteiger partial charge is 0.325 e. The summed E-state index contributed by atoms with van der Waals surface area (Å²) in [5.74, 6) is -0.764. The number of sulfone groups is 1. The lowest BCUT2D eigenvalue weighted by Gasteiger charge is -2.23. The fraction of sp³-hybridized carbons (Fsp3) is 0.250. The van der Waals surface area contributed by atoms with Crippen LogP contribution in [0.1, 0.15) is 12.5 Å². The van der Waals surface area contributed by atoms with Gasteiger partial charge in [0.05, 0.1) is 17.6 Å². The Labute approximate surface area is 139 Å². The third kappa shape index (κ3) is 3.09. The molecule has 0 saturated heterocycles. The smallest absolute Gasteiger partial charge is 0.178 e. The number of hydrogen-bond donors (Lipinski definition) is 0. The Morgan fingerprint density at radius 2 is 2.04 bits per heavy atom. The summed E-state index contributed by atoms with van der Waals surface area (Å²) < 4.78 is 38.8. The number of anilines is 1. The van der Waals surface area contributed by atoms with E-state index in [-0.39, 0.29) is 4.90 Å². The standard InChI is InChI=1S/C16H17FN4O2S/c1-11-8-21(13-7-19-20(2)9-13)10-18-16(11)12-4-5-15(14(17)6-12)24(3,22)23/h4-9H,10H2,1-3H3. The summed E-state index contributed by atoms with van der Waals surface area (Å²) >= 11 is 0. The van der Waals surface area contributed by atoms with Gasteiger partial charge < -0.3 is 4.90 Å². The van der Waals surface area contributed by atoms with E-state index in [1.165, 1.54) is 12.1 Å². The van der Waals surface area contributed by atoms with Gasteiger partial charge in [0, 0.05) is 31.3 Å². The van der Waals surface area contributed by atoms with Gasteiger partial charge in [-0.05, 0) is 24.6 Å². The number of aliphatic imine (C=N–C) groups is 1. The third-order valence-electron chi connectivity index (χ3n) is 3.73. The first-order valence-electron chi connectivity index (χ1n) is 7.24. The van der Waals surface area contributed by atoms with E-state index in [1.54, 1.807) is 16.9 Å². The van der Waals surface area contributed by atoms with E-state index in [1.807, 2.05) is 31.3 Å². The molecule has 0 bridgehead atoms. The maximum atomic E-state index is 14.1. The monoisotopic (exact) mass is 348 g/mol. The highest BCUT2D eigenvalue weighted by Crippen LogP contribution is 2.23. The SMILES string of the molecule is CC1=CN(c2cnn(C)c2)CN=C1c1ccc(S(C)(=O)=O)c(F)c1. The summed E-state index contributed by atoms with van der Waals surface area (Å²) in [5, 5.41) is 4.13.